The van der Waals surface area contributed by atoms with E-state index in [4.69, 9.17) is 4.74 Å². The van der Waals surface area contributed by atoms with Crippen LogP contribution in [0.1, 0.15) is 30.1 Å². The van der Waals surface area contributed by atoms with Crippen LogP contribution in [0, 0.1) is 0 Å². The Hall–Kier alpha value is -2.41. The zero-order valence-corrected chi connectivity index (χ0v) is 14.3. The lowest BCUT2D eigenvalue weighted by molar-refractivity contribution is -0.126. The van der Waals surface area contributed by atoms with Gasteiger partial charge in [-0.1, -0.05) is 0 Å². The molecule has 0 aliphatic carbocycles. The number of likely N-dealkylation sites (N-methyl/N-ethyl adjacent to an activating group) is 1. The van der Waals surface area contributed by atoms with Gasteiger partial charge in [0.2, 0.25) is 11.8 Å². The van der Waals surface area contributed by atoms with Gasteiger partial charge in [0.1, 0.15) is 5.75 Å². The SMILES string of the molecule is CNC(C)CNC(=O)CCC(=O)NCC(=O)c1ccc(OC)cc1. The Bertz CT molecular complexity index is 557. The van der Waals surface area contributed by atoms with Crippen molar-refractivity contribution in [2.24, 2.45) is 0 Å². The molecule has 0 aromatic heterocycles. The van der Waals surface area contributed by atoms with Crippen molar-refractivity contribution in [3.63, 3.8) is 0 Å². The molecule has 7 nitrogen and oxygen atoms in total. The van der Waals surface area contributed by atoms with Crippen LogP contribution in [0.3, 0.4) is 0 Å². The molecule has 0 spiro atoms. The molecular formula is C17H25N3O4. The molecule has 7 heteroatoms. The van der Waals surface area contributed by atoms with E-state index >= 15 is 0 Å². The number of carbonyl (C=O) groups is 3. The van der Waals surface area contributed by atoms with Gasteiger partial charge < -0.3 is 20.7 Å². The number of amides is 2. The minimum Gasteiger partial charge on any atom is -0.497 e. The van der Waals surface area contributed by atoms with Gasteiger partial charge in [-0.25, -0.2) is 0 Å². The van der Waals surface area contributed by atoms with E-state index in [2.05, 4.69) is 16.0 Å². The third kappa shape index (κ3) is 7.23. The smallest absolute Gasteiger partial charge is 0.220 e. The minimum absolute atomic E-state index is 0.0513. The van der Waals surface area contributed by atoms with E-state index in [-0.39, 0.29) is 43.0 Å². The van der Waals surface area contributed by atoms with Gasteiger partial charge in [0.25, 0.3) is 0 Å². The number of carbonyl (C=O) groups excluding carboxylic acids is 3. The molecule has 0 radical (unpaired) electrons. The molecule has 24 heavy (non-hydrogen) atoms. The maximum atomic E-state index is 12.0. The number of hydrogen-bond acceptors (Lipinski definition) is 5. The zero-order chi connectivity index (χ0) is 17.9. The topological polar surface area (TPSA) is 96.5 Å². The van der Waals surface area contributed by atoms with Crippen LogP contribution in [0.25, 0.3) is 0 Å². The van der Waals surface area contributed by atoms with E-state index < -0.39 is 0 Å². The second kappa shape index (κ2) is 10.4. The second-order valence-electron chi connectivity index (χ2n) is 5.42. The summed E-state index contributed by atoms with van der Waals surface area (Å²) in [7, 11) is 3.36. The number of methoxy groups -OCH3 is 1. The normalized spacial score (nSPS) is 11.5. The minimum atomic E-state index is -0.325. The van der Waals surface area contributed by atoms with Crippen LogP contribution in [0.5, 0.6) is 5.75 Å². The Kier molecular flexibility index (Phi) is 8.49. The Morgan fingerprint density at radius 2 is 1.62 bits per heavy atom. The molecule has 0 heterocycles. The first kappa shape index (κ1) is 19.6. The number of hydrogen-bond donors (Lipinski definition) is 3. The Labute approximate surface area is 142 Å². The van der Waals surface area contributed by atoms with Gasteiger partial charge in [0.05, 0.1) is 13.7 Å². The van der Waals surface area contributed by atoms with Gasteiger partial charge in [-0.3, -0.25) is 14.4 Å². The molecule has 3 N–H and O–H groups in total. The highest BCUT2D eigenvalue weighted by atomic mass is 16.5. The number of ketones is 1. The van der Waals surface area contributed by atoms with E-state index in [0.717, 1.165) is 0 Å². The molecule has 0 aliphatic heterocycles. The maximum absolute atomic E-state index is 12.0. The van der Waals surface area contributed by atoms with Crippen LogP contribution >= 0.6 is 0 Å². The fourth-order valence-corrected chi connectivity index (χ4v) is 1.83. The fourth-order valence-electron chi connectivity index (χ4n) is 1.83. The Balaban J connectivity index is 2.27. The van der Waals surface area contributed by atoms with Crippen LogP contribution in [0.15, 0.2) is 24.3 Å². The molecule has 1 atom stereocenters. The molecule has 1 rings (SSSR count). The molecule has 1 unspecified atom stereocenters. The summed E-state index contributed by atoms with van der Waals surface area (Å²) >= 11 is 0. The summed E-state index contributed by atoms with van der Waals surface area (Å²) in [5, 5.41) is 8.26. The number of nitrogens with one attached hydrogen (secondary N) is 3. The average molecular weight is 335 g/mol. The Morgan fingerprint density at radius 3 is 2.17 bits per heavy atom. The van der Waals surface area contributed by atoms with Crippen LogP contribution in [-0.4, -0.2) is 50.9 Å². The standard InChI is InChI=1S/C17H25N3O4/c1-12(18-2)10-19-16(22)8-9-17(23)20-11-15(21)13-4-6-14(24-3)7-5-13/h4-7,12,18H,8-11H2,1-3H3,(H,19,22)(H,20,23). The molecular weight excluding hydrogens is 310 g/mol. The molecule has 0 fully saturated rings. The van der Waals surface area contributed by atoms with Crippen molar-refractivity contribution in [3.8, 4) is 5.75 Å². The molecule has 1 aromatic rings. The van der Waals surface area contributed by atoms with Crippen LogP contribution in [0.2, 0.25) is 0 Å². The number of benzene rings is 1. The summed E-state index contributed by atoms with van der Waals surface area (Å²) in [4.78, 5) is 35.2. The van der Waals surface area contributed by atoms with Gasteiger partial charge in [-0.05, 0) is 38.2 Å². The third-order valence-corrected chi connectivity index (χ3v) is 3.54. The van der Waals surface area contributed by atoms with Crippen molar-refractivity contribution in [2.75, 3.05) is 27.2 Å². The summed E-state index contributed by atoms with van der Waals surface area (Å²) in [5.41, 5.74) is 0.495. The number of ether oxygens (including phenoxy) is 1. The zero-order valence-electron chi connectivity index (χ0n) is 14.3. The van der Waals surface area contributed by atoms with Crippen LogP contribution in [0.4, 0.5) is 0 Å². The second-order valence-corrected chi connectivity index (χ2v) is 5.42. The fraction of sp³-hybridized carbons (Fsp3) is 0.471. The summed E-state index contributed by atoms with van der Waals surface area (Å²) in [6, 6.07) is 6.83. The molecule has 0 saturated heterocycles. The molecule has 132 valence electrons. The molecule has 0 aliphatic rings. The maximum Gasteiger partial charge on any atom is 0.220 e. The van der Waals surface area contributed by atoms with Crippen LogP contribution < -0.4 is 20.7 Å². The van der Waals surface area contributed by atoms with Crippen molar-refractivity contribution in [3.05, 3.63) is 29.8 Å². The first-order chi connectivity index (χ1) is 11.5. The summed E-state index contributed by atoms with van der Waals surface area (Å²) in [5.74, 6) is -0.0464. The molecule has 0 bridgehead atoms. The highest BCUT2D eigenvalue weighted by molar-refractivity contribution is 5.99. The largest absolute Gasteiger partial charge is 0.497 e. The van der Waals surface area contributed by atoms with Crippen LogP contribution in [-0.2, 0) is 9.59 Å². The number of rotatable bonds is 10. The van der Waals surface area contributed by atoms with E-state index in [0.29, 0.717) is 17.9 Å². The average Bonchev–Trinajstić information content (AvgIpc) is 2.62. The van der Waals surface area contributed by atoms with E-state index in [1.807, 2.05) is 14.0 Å². The highest BCUT2D eigenvalue weighted by Crippen LogP contribution is 2.11. The van der Waals surface area contributed by atoms with Crippen molar-refractivity contribution in [1.82, 2.24) is 16.0 Å². The van der Waals surface area contributed by atoms with Gasteiger partial charge in [0, 0.05) is 31.0 Å². The van der Waals surface area contributed by atoms with E-state index in [1.54, 1.807) is 31.4 Å². The van der Waals surface area contributed by atoms with Crippen molar-refractivity contribution < 1.29 is 19.1 Å². The summed E-state index contributed by atoms with van der Waals surface area (Å²) in [6.45, 7) is 2.36. The van der Waals surface area contributed by atoms with Gasteiger partial charge in [-0.2, -0.15) is 0 Å². The quantitative estimate of drug-likeness (QED) is 0.541. The van der Waals surface area contributed by atoms with E-state index in [9.17, 15) is 14.4 Å². The van der Waals surface area contributed by atoms with Crippen molar-refractivity contribution >= 4 is 17.6 Å². The van der Waals surface area contributed by atoms with Gasteiger partial charge in [-0.15, -0.1) is 0 Å². The first-order valence-electron chi connectivity index (χ1n) is 7.84. The molecule has 0 saturated carbocycles. The lowest BCUT2D eigenvalue weighted by Crippen LogP contribution is -2.37. The molecule has 2 amide bonds. The Morgan fingerprint density at radius 1 is 1.04 bits per heavy atom. The predicted octanol–water partition coefficient (Wildman–Crippen LogP) is 0.498. The first-order valence-corrected chi connectivity index (χ1v) is 7.84. The van der Waals surface area contributed by atoms with Crippen molar-refractivity contribution in [2.45, 2.75) is 25.8 Å². The predicted molar refractivity (Wildman–Crippen MR) is 91.1 cm³/mol. The number of Topliss-reactive ketones (excluding diaryl/α,β-unsaturated/α-hetero) is 1. The summed E-state index contributed by atoms with van der Waals surface area (Å²) < 4.78 is 5.02. The highest BCUT2D eigenvalue weighted by Gasteiger charge is 2.10. The van der Waals surface area contributed by atoms with Gasteiger partial charge >= 0.3 is 0 Å². The van der Waals surface area contributed by atoms with Crippen molar-refractivity contribution in [1.29, 1.82) is 0 Å². The third-order valence-electron chi connectivity index (χ3n) is 3.54. The molecule has 1 aromatic carbocycles. The lowest BCUT2D eigenvalue weighted by atomic mass is 10.1. The summed E-state index contributed by atoms with van der Waals surface area (Å²) in [6.07, 6.45) is 0.147. The van der Waals surface area contributed by atoms with E-state index in [1.165, 1.54) is 0 Å². The lowest BCUT2D eigenvalue weighted by Gasteiger charge is -2.11. The van der Waals surface area contributed by atoms with Gasteiger partial charge in [0.15, 0.2) is 5.78 Å². The monoisotopic (exact) mass is 335 g/mol.